The molecule has 2 aromatic rings. The Morgan fingerprint density at radius 3 is 2.50 bits per heavy atom. The molecule has 1 N–H and O–H groups in total. The first-order chi connectivity index (χ1) is 8.19. The molecule has 0 aliphatic rings. The topological polar surface area (TPSA) is 37.8 Å². The number of hydrogen-bond donors (Lipinski definition) is 1. The van der Waals surface area contributed by atoms with E-state index >= 15 is 0 Å². The summed E-state index contributed by atoms with van der Waals surface area (Å²) in [4.78, 5) is 8.58. The summed E-state index contributed by atoms with van der Waals surface area (Å²) in [6.45, 7) is 2.07. The summed E-state index contributed by atoms with van der Waals surface area (Å²) in [6, 6.07) is 8.19. The van der Waals surface area contributed by atoms with Crippen LogP contribution >= 0.6 is 40.1 Å². The fraction of sp³-hybridized carbons (Fsp3) is 0.167. The van der Waals surface area contributed by atoms with Crippen LogP contribution in [0.3, 0.4) is 0 Å². The molecule has 0 atom stereocenters. The van der Waals surface area contributed by atoms with Gasteiger partial charge in [-0.15, -0.1) is 12.4 Å². The van der Waals surface area contributed by atoms with Crippen LogP contribution in [0.25, 0.3) is 0 Å². The lowest BCUT2D eigenvalue weighted by molar-refractivity contribution is 0.967. The van der Waals surface area contributed by atoms with Crippen molar-refractivity contribution in [1.29, 1.82) is 0 Å². The Morgan fingerprint density at radius 1 is 1.22 bits per heavy atom. The van der Waals surface area contributed by atoms with E-state index in [0.29, 0.717) is 0 Å². The molecule has 18 heavy (non-hydrogen) atoms. The van der Waals surface area contributed by atoms with Gasteiger partial charge in [-0.3, -0.25) is 0 Å². The number of thioether (sulfide) groups is 1. The van der Waals surface area contributed by atoms with E-state index in [9.17, 15) is 0 Å². The van der Waals surface area contributed by atoms with E-state index < -0.39 is 0 Å². The second kappa shape index (κ2) is 6.97. The van der Waals surface area contributed by atoms with E-state index in [0.717, 1.165) is 21.1 Å². The Balaban J connectivity index is 0.00000162. The zero-order valence-corrected chi connectivity index (χ0v) is 13.2. The minimum Gasteiger partial charge on any atom is -0.339 e. The molecule has 0 saturated carbocycles. The third-order valence-electron chi connectivity index (χ3n) is 2.22. The van der Waals surface area contributed by atoms with Gasteiger partial charge >= 0.3 is 0 Å². The van der Waals surface area contributed by atoms with Gasteiger partial charge in [0.25, 0.3) is 0 Å². The van der Waals surface area contributed by atoms with Crippen LogP contribution in [0.15, 0.2) is 40.1 Å². The Hall–Kier alpha value is -0.780. The molecule has 0 fully saturated rings. The van der Waals surface area contributed by atoms with Crippen molar-refractivity contribution < 1.29 is 0 Å². The van der Waals surface area contributed by atoms with Crippen molar-refractivity contribution in [3.05, 3.63) is 40.5 Å². The van der Waals surface area contributed by atoms with Crippen LogP contribution in [0.4, 0.5) is 11.5 Å². The van der Waals surface area contributed by atoms with Gasteiger partial charge in [-0.05, 0) is 41.2 Å². The Morgan fingerprint density at radius 2 is 1.89 bits per heavy atom. The SMILES string of the molecule is CSc1ncc(Br)c(Nc2ccc(C)cc2)n1.Cl. The Kier molecular flexibility index (Phi) is 5.91. The molecule has 3 nitrogen and oxygen atoms in total. The summed E-state index contributed by atoms with van der Waals surface area (Å²) < 4.78 is 0.857. The fourth-order valence-corrected chi connectivity index (χ4v) is 1.94. The number of aromatic nitrogens is 2. The second-order valence-corrected chi connectivity index (χ2v) is 5.17. The average molecular weight is 347 g/mol. The predicted octanol–water partition coefficient (Wildman–Crippen LogP) is 4.43. The highest BCUT2D eigenvalue weighted by Crippen LogP contribution is 2.25. The van der Waals surface area contributed by atoms with Gasteiger partial charge in [0.05, 0.1) is 4.47 Å². The van der Waals surface area contributed by atoms with E-state index in [1.165, 1.54) is 17.3 Å². The summed E-state index contributed by atoms with van der Waals surface area (Å²) in [5.74, 6) is 0.785. The maximum atomic E-state index is 4.40. The lowest BCUT2D eigenvalue weighted by Gasteiger charge is -2.08. The molecule has 1 aromatic carbocycles. The molecule has 2 rings (SSSR count). The summed E-state index contributed by atoms with van der Waals surface area (Å²) in [5.41, 5.74) is 2.25. The second-order valence-electron chi connectivity index (χ2n) is 3.54. The smallest absolute Gasteiger partial charge is 0.189 e. The molecule has 0 unspecified atom stereocenters. The standard InChI is InChI=1S/C12H12BrN3S.ClH/c1-8-3-5-9(6-4-8)15-11-10(13)7-14-12(16-11)17-2;/h3-7H,1-2H3,(H,14,15,16);1H. The van der Waals surface area contributed by atoms with Crippen LogP contribution in [0.2, 0.25) is 0 Å². The molecule has 0 amide bonds. The molecule has 0 aliphatic heterocycles. The van der Waals surface area contributed by atoms with Crippen LogP contribution in [0, 0.1) is 6.92 Å². The highest BCUT2D eigenvalue weighted by molar-refractivity contribution is 9.10. The number of nitrogens with zero attached hydrogens (tertiary/aromatic N) is 2. The van der Waals surface area contributed by atoms with Crippen molar-refractivity contribution in [2.75, 3.05) is 11.6 Å². The number of nitrogens with one attached hydrogen (secondary N) is 1. The van der Waals surface area contributed by atoms with Crippen molar-refractivity contribution in [1.82, 2.24) is 9.97 Å². The molecule has 6 heteroatoms. The van der Waals surface area contributed by atoms with Crippen LogP contribution in [-0.4, -0.2) is 16.2 Å². The molecule has 0 aliphatic carbocycles. The Labute approximate surface area is 125 Å². The molecule has 0 saturated heterocycles. The largest absolute Gasteiger partial charge is 0.339 e. The monoisotopic (exact) mass is 345 g/mol. The van der Waals surface area contributed by atoms with Crippen molar-refractivity contribution >= 4 is 51.6 Å². The number of anilines is 2. The number of rotatable bonds is 3. The van der Waals surface area contributed by atoms with Crippen molar-refractivity contribution in [3.63, 3.8) is 0 Å². The van der Waals surface area contributed by atoms with Crippen LogP contribution in [-0.2, 0) is 0 Å². The molecular formula is C12H13BrClN3S. The van der Waals surface area contributed by atoms with E-state index in [-0.39, 0.29) is 12.4 Å². The quantitative estimate of drug-likeness (QED) is 0.659. The normalized spacial score (nSPS) is 9.72. The summed E-state index contributed by atoms with van der Waals surface area (Å²) in [5, 5.41) is 4.02. The Bertz CT molecular complexity index is 519. The highest BCUT2D eigenvalue weighted by Gasteiger charge is 2.04. The minimum atomic E-state index is 0. The third kappa shape index (κ3) is 3.86. The van der Waals surface area contributed by atoms with Crippen LogP contribution in [0.5, 0.6) is 0 Å². The third-order valence-corrected chi connectivity index (χ3v) is 3.36. The van der Waals surface area contributed by atoms with Crippen molar-refractivity contribution in [2.45, 2.75) is 12.1 Å². The molecule has 96 valence electrons. The van der Waals surface area contributed by atoms with E-state index in [2.05, 4.69) is 50.3 Å². The van der Waals surface area contributed by atoms with Crippen molar-refractivity contribution in [3.8, 4) is 0 Å². The number of benzene rings is 1. The summed E-state index contributed by atoms with van der Waals surface area (Å²) in [6.07, 6.45) is 3.72. The van der Waals surface area contributed by atoms with Gasteiger partial charge in [-0.1, -0.05) is 29.5 Å². The van der Waals surface area contributed by atoms with Gasteiger partial charge in [0.1, 0.15) is 5.82 Å². The fourth-order valence-electron chi connectivity index (χ4n) is 1.31. The molecule has 0 spiro atoms. The first-order valence-electron chi connectivity index (χ1n) is 5.09. The predicted molar refractivity (Wildman–Crippen MR) is 83.2 cm³/mol. The molecule has 0 bridgehead atoms. The number of aryl methyl sites for hydroxylation is 1. The van der Waals surface area contributed by atoms with Gasteiger partial charge in [0.2, 0.25) is 0 Å². The minimum absolute atomic E-state index is 0. The van der Waals surface area contributed by atoms with E-state index in [1.54, 1.807) is 6.20 Å². The lowest BCUT2D eigenvalue weighted by Crippen LogP contribution is -1.97. The zero-order valence-electron chi connectivity index (χ0n) is 9.98. The summed E-state index contributed by atoms with van der Waals surface area (Å²) >= 11 is 4.96. The maximum Gasteiger partial charge on any atom is 0.189 e. The van der Waals surface area contributed by atoms with E-state index in [1.807, 2.05) is 18.4 Å². The van der Waals surface area contributed by atoms with Gasteiger partial charge < -0.3 is 5.32 Å². The molecular weight excluding hydrogens is 334 g/mol. The summed E-state index contributed by atoms with van der Waals surface area (Å²) in [7, 11) is 0. The maximum absolute atomic E-state index is 4.40. The average Bonchev–Trinajstić information content (AvgIpc) is 2.35. The van der Waals surface area contributed by atoms with Crippen LogP contribution in [0.1, 0.15) is 5.56 Å². The van der Waals surface area contributed by atoms with Crippen LogP contribution < -0.4 is 5.32 Å². The van der Waals surface area contributed by atoms with Gasteiger partial charge in [-0.2, -0.15) is 0 Å². The van der Waals surface area contributed by atoms with Gasteiger partial charge in [0, 0.05) is 11.9 Å². The number of halogens is 2. The highest BCUT2D eigenvalue weighted by atomic mass is 79.9. The zero-order chi connectivity index (χ0) is 12.3. The molecule has 1 aromatic heterocycles. The van der Waals surface area contributed by atoms with Gasteiger partial charge in [0.15, 0.2) is 5.16 Å². The first-order valence-corrected chi connectivity index (χ1v) is 7.11. The van der Waals surface area contributed by atoms with Crippen molar-refractivity contribution in [2.24, 2.45) is 0 Å². The lowest BCUT2D eigenvalue weighted by atomic mass is 10.2. The first kappa shape index (κ1) is 15.3. The molecule has 1 heterocycles. The molecule has 0 radical (unpaired) electrons. The van der Waals surface area contributed by atoms with E-state index in [4.69, 9.17) is 0 Å². The van der Waals surface area contributed by atoms with Gasteiger partial charge in [-0.25, -0.2) is 9.97 Å². The number of hydrogen-bond acceptors (Lipinski definition) is 4.